The van der Waals surface area contributed by atoms with Gasteiger partial charge in [-0.2, -0.15) is 0 Å². The third-order valence-corrected chi connectivity index (χ3v) is 2.88. The highest BCUT2D eigenvalue weighted by Crippen LogP contribution is 2.27. The molecular formula is C15H16N2O6. The number of carbonyl (C=O) groups excluding carboxylic acids is 3. The summed E-state index contributed by atoms with van der Waals surface area (Å²) >= 11 is 0. The molecule has 0 aliphatic carbocycles. The summed E-state index contributed by atoms with van der Waals surface area (Å²) in [5.74, 6) is -1.91. The van der Waals surface area contributed by atoms with E-state index in [-0.39, 0.29) is 12.4 Å². The van der Waals surface area contributed by atoms with E-state index in [1.807, 2.05) is 6.07 Å². The zero-order valence-electron chi connectivity index (χ0n) is 12.7. The monoisotopic (exact) mass is 320 g/mol. The first-order chi connectivity index (χ1) is 11.0. The Kier molecular flexibility index (Phi) is 5.32. The van der Waals surface area contributed by atoms with Gasteiger partial charge in [0.15, 0.2) is 6.61 Å². The summed E-state index contributed by atoms with van der Waals surface area (Å²) in [6.45, 7) is 0.847. The van der Waals surface area contributed by atoms with Crippen LogP contribution >= 0.6 is 0 Å². The van der Waals surface area contributed by atoms with Crippen molar-refractivity contribution in [3.05, 3.63) is 35.6 Å². The Hall–Kier alpha value is -2.87. The van der Waals surface area contributed by atoms with Gasteiger partial charge in [-0.1, -0.05) is 18.2 Å². The molecule has 2 aromatic rings. The van der Waals surface area contributed by atoms with E-state index in [1.165, 1.54) is 14.0 Å². The van der Waals surface area contributed by atoms with E-state index in [2.05, 4.69) is 10.9 Å². The average molecular weight is 320 g/mol. The molecule has 1 aromatic carbocycles. The van der Waals surface area contributed by atoms with Gasteiger partial charge >= 0.3 is 5.97 Å². The number of benzene rings is 1. The fraction of sp³-hybridized carbons (Fsp3) is 0.267. The van der Waals surface area contributed by atoms with Crippen LogP contribution in [-0.4, -0.2) is 31.5 Å². The molecule has 1 aromatic heterocycles. The normalized spacial score (nSPS) is 10.3. The summed E-state index contributed by atoms with van der Waals surface area (Å²) < 4.78 is 15.5. The summed E-state index contributed by atoms with van der Waals surface area (Å²) in [6, 6.07) is 7.10. The number of hydrogen-bond donors (Lipinski definition) is 2. The Labute approximate surface area is 131 Å². The van der Waals surface area contributed by atoms with E-state index in [1.54, 1.807) is 18.2 Å². The van der Waals surface area contributed by atoms with Gasteiger partial charge in [-0.3, -0.25) is 20.4 Å². The molecular weight excluding hydrogens is 304 g/mol. The van der Waals surface area contributed by atoms with E-state index in [4.69, 9.17) is 13.9 Å². The number of fused-ring (bicyclic) bond motifs is 1. The molecule has 0 aliphatic heterocycles. The van der Waals surface area contributed by atoms with E-state index >= 15 is 0 Å². The highest BCUT2D eigenvalue weighted by molar-refractivity contribution is 5.97. The molecule has 0 bridgehead atoms. The zero-order valence-corrected chi connectivity index (χ0v) is 12.7. The van der Waals surface area contributed by atoms with Gasteiger partial charge in [0.1, 0.15) is 5.58 Å². The molecule has 8 nitrogen and oxygen atoms in total. The number of methoxy groups -OCH3 is 1. The van der Waals surface area contributed by atoms with Crippen molar-refractivity contribution in [2.24, 2.45) is 0 Å². The molecule has 0 unspecified atom stereocenters. The van der Waals surface area contributed by atoms with Gasteiger partial charge in [-0.05, 0) is 6.07 Å². The highest BCUT2D eigenvalue weighted by atomic mass is 16.5. The number of furan rings is 1. The molecule has 8 heteroatoms. The van der Waals surface area contributed by atoms with Crippen LogP contribution in [-0.2, 0) is 25.7 Å². The number of esters is 1. The molecule has 2 rings (SSSR count). The van der Waals surface area contributed by atoms with Gasteiger partial charge in [0, 0.05) is 25.0 Å². The molecule has 0 radical (unpaired) electrons. The van der Waals surface area contributed by atoms with Crippen molar-refractivity contribution in [1.82, 2.24) is 10.9 Å². The summed E-state index contributed by atoms with van der Waals surface area (Å²) in [5.41, 5.74) is 5.25. The topological polar surface area (TPSA) is 107 Å². The van der Waals surface area contributed by atoms with Crippen LogP contribution in [0.4, 0.5) is 0 Å². The minimum Gasteiger partial charge on any atom is -0.450 e. The van der Waals surface area contributed by atoms with E-state index < -0.39 is 24.4 Å². The van der Waals surface area contributed by atoms with E-state index in [0.717, 1.165) is 5.39 Å². The molecule has 0 atom stereocenters. The molecule has 122 valence electrons. The number of carbonyl (C=O) groups is 3. The number of hydrazine groups is 1. The SMILES string of the molecule is COCc1c(C(=O)OCC(=O)NNC(C)=O)oc2ccccc12. The third-order valence-electron chi connectivity index (χ3n) is 2.88. The third kappa shape index (κ3) is 4.07. The number of nitrogens with one attached hydrogen (secondary N) is 2. The van der Waals surface area contributed by atoms with Crippen molar-refractivity contribution in [1.29, 1.82) is 0 Å². The standard InChI is InChI=1S/C15H16N2O6/c1-9(18)16-17-13(19)8-22-15(20)14-11(7-21-2)10-5-3-4-6-12(10)23-14/h3-6H,7-8H2,1-2H3,(H,16,18)(H,17,19). The number of ether oxygens (including phenoxy) is 2. The summed E-state index contributed by atoms with van der Waals surface area (Å²) in [5, 5.41) is 0.740. The van der Waals surface area contributed by atoms with E-state index in [9.17, 15) is 14.4 Å². The first-order valence-electron chi connectivity index (χ1n) is 6.74. The van der Waals surface area contributed by atoms with Crippen LogP contribution in [0.2, 0.25) is 0 Å². The predicted molar refractivity (Wildman–Crippen MR) is 79.2 cm³/mol. The largest absolute Gasteiger partial charge is 0.450 e. The molecule has 2 N–H and O–H groups in total. The first kappa shape index (κ1) is 16.5. The van der Waals surface area contributed by atoms with Crippen LogP contribution < -0.4 is 10.9 Å². The Bertz CT molecular complexity index is 737. The van der Waals surface area contributed by atoms with Crippen LogP contribution in [0.1, 0.15) is 23.0 Å². The second kappa shape index (κ2) is 7.41. The fourth-order valence-electron chi connectivity index (χ4n) is 1.94. The Morgan fingerprint density at radius 1 is 1.17 bits per heavy atom. The molecule has 2 amide bonds. The van der Waals surface area contributed by atoms with Crippen molar-refractivity contribution in [3.8, 4) is 0 Å². The maximum Gasteiger partial charge on any atom is 0.375 e. The quantitative estimate of drug-likeness (QED) is 0.626. The van der Waals surface area contributed by atoms with Gasteiger partial charge in [0.25, 0.3) is 5.91 Å². The van der Waals surface area contributed by atoms with Crippen molar-refractivity contribution in [3.63, 3.8) is 0 Å². The molecule has 1 heterocycles. The number of hydrogen-bond acceptors (Lipinski definition) is 6. The zero-order chi connectivity index (χ0) is 16.8. The van der Waals surface area contributed by atoms with Gasteiger partial charge in [0.2, 0.25) is 11.7 Å². The minimum absolute atomic E-state index is 0.0135. The Balaban J connectivity index is 2.10. The van der Waals surface area contributed by atoms with Crippen molar-refractivity contribution < 1.29 is 28.3 Å². The van der Waals surface area contributed by atoms with Crippen LogP contribution in [0, 0.1) is 0 Å². The maximum atomic E-state index is 12.1. The van der Waals surface area contributed by atoms with Crippen molar-refractivity contribution in [2.75, 3.05) is 13.7 Å². The van der Waals surface area contributed by atoms with Crippen molar-refractivity contribution in [2.45, 2.75) is 13.5 Å². The van der Waals surface area contributed by atoms with Gasteiger partial charge < -0.3 is 13.9 Å². The molecule has 0 spiro atoms. The van der Waals surface area contributed by atoms with Gasteiger partial charge in [0.05, 0.1) is 6.61 Å². The van der Waals surface area contributed by atoms with E-state index in [0.29, 0.717) is 11.1 Å². The summed E-state index contributed by atoms with van der Waals surface area (Å²) in [7, 11) is 1.50. The van der Waals surface area contributed by atoms with Crippen LogP contribution in [0.25, 0.3) is 11.0 Å². The smallest absolute Gasteiger partial charge is 0.375 e. The molecule has 0 saturated heterocycles. The predicted octanol–water partition coefficient (Wildman–Crippen LogP) is 0.903. The minimum atomic E-state index is -0.786. The summed E-state index contributed by atoms with van der Waals surface area (Å²) in [4.78, 5) is 34.2. The van der Waals surface area contributed by atoms with Crippen molar-refractivity contribution >= 4 is 28.8 Å². The number of rotatable bonds is 5. The first-order valence-corrected chi connectivity index (χ1v) is 6.74. The molecule has 0 aliphatic rings. The average Bonchev–Trinajstić information content (AvgIpc) is 2.90. The van der Waals surface area contributed by atoms with Crippen LogP contribution in [0.5, 0.6) is 0 Å². The lowest BCUT2D eigenvalue weighted by atomic mass is 10.1. The maximum absolute atomic E-state index is 12.1. The summed E-state index contributed by atoms with van der Waals surface area (Å²) in [6.07, 6.45) is 0. The number of amides is 2. The highest BCUT2D eigenvalue weighted by Gasteiger charge is 2.22. The lowest BCUT2D eigenvalue weighted by Gasteiger charge is -2.06. The second-order valence-corrected chi connectivity index (χ2v) is 4.64. The molecule has 23 heavy (non-hydrogen) atoms. The second-order valence-electron chi connectivity index (χ2n) is 4.64. The fourth-order valence-corrected chi connectivity index (χ4v) is 1.94. The molecule has 0 saturated carbocycles. The lowest BCUT2D eigenvalue weighted by molar-refractivity contribution is -0.129. The lowest BCUT2D eigenvalue weighted by Crippen LogP contribution is -2.42. The van der Waals surface area contributed by atoms with Gasteiger partial charge in [-0.25, -0.2) is 4.79 Å². The molecule has 0 fully saturated rings. The van der Waals surface area contributed by atoms with Gasteiger partial charge in [-0.15, -0.1) is 0 Å². The Morgan fingerprint density at radius 3 is 2.61 bits per heavy atom. The number of para-hydroxylation sites is 1. The van der Waals surface area contributed by atoms with Crippen LogP contribution in [0.3, 0.4) is 0 Å². The van der Waals surface area contributed by atoms with Crippen LogP contribution in [0.15, 0.2) is 28.7 Å². The Morgan fingerprint density at radius 2 is 1.91 bits per heavy atom.